The average molecular weight is 230 g/mol. The van der Waals surface area contributed by atoms with Crippen LogP contribution < -0.4 is 5.32 Å². The number of fused-ring (bicyclic) bond motifs is 1. The molecule has 0 spiro atoms. The van der Waals surface area contributed by atoms with Gasteiger partial charge in [0.1, 0.15) is 17.5 Å². The molecule has 1 N–H and O–H groups in total. The molecule has 86 valence electrons. The van der Waals surface area contributed by atoms with Crippen LogP contribution in [-0.2, 0) is 0 Å². The van der Waals surface area contributed by atoms with Crippen LogP contribution in [0.4, 0.5) is 19.0 Å². The molecular weight excluding hydrogens is 221 g/mol. The second-order valence-corrected chi connectivity index (χ2v) is 3.80. The molecule has 16 heavy (non-hydrogen) atoms. The first-order chi connectivity index (χ1) is 7.43. The van der Waals surface area contributed by atoms with E-state index in [4.69, 9.17) is 5.26 Å². The third-order valence-corrected chi connectivity index (χ3v) is 2.55. The van der Waals surface area contributed by atoms with Gasteiger partial charge < -0.3 is 5.32 Å². The number of halogens is 3. The van der Waals surface area contributed by atoms with Gasteiger partial charge in [0.2, 0.25) is 0 Å². The van der Waals surface area contributed by atoms with Crippen LogP contribution in [0.3, 0.4) is 0 Å². The highest BCUT2D eigenvalue weighted by atomic mass is 19.4. The molecule has 2 rings (SSSR count). The zero-order valence-electron chi connectivity index (χ0n) is 8.41. The van der Waals surface area contributed by atoms with E-state index >= 15 is 0 Å². The molecule has 1 aromatic heterocycles. The Labute approximate surface area is 89.7 Å². The summed E-state index contributed by atoms with van der Waals surface area (Å²) in [5.74, 6) is 0.156. The Bertz CT molecular complexity index is 443. The molecule has 7 heteroatoms. The summed E-state index contributed by atoms with van der Waals surface area (Å²) in [6.45, 7) is 1.65. The van der Waals surface area contributed by atoms with Gasteiger partial charge >= 0.3 is 6.18 Å². The number of alkyl halides is 3. The molecule has 0 saturated carbocycles. The van der Waals surface area contributed by atoms with E-state index in [0.29, 0.717) is 0 Å². The minimum atomic E-state index is -4.34. The van der Waals surface area contributed by atoms with Crippen molar-refractivity contribution in [1.29, 1.82) is 5.26 Å². The van der Waals surface area contributed by atoms with E-state index in [1.807, 2.05) is 6.07 Å². The lowest BCUT2D eigenvalue weighted by Gasteiger charge is -2.31. The third kappa shape index (κ3) is 1.60. The molecule has 0 fully saturated rings. The lowest BCUT2D eigenvalue weighted by molar-refractivity contribution is -0.173. The normalized spacial score (nSPS) is 24.4. The first-order valence-corrected chi connectivity index (χ1v) is 4.74. The van der Waals surface area contributed by atoms with E-state index in [1.54, 1.807) is 6.92 Å². The molecule has 0 amide bonds. The topological polar surface area (TPSA) is 53.6 Å². The Morgan fingerprint density at radius 3 is 2.88 bits per heavy atom. The summed E-state index contributed by atoms with van der Waals surface area (Å²) < 4.78 is 39.1. The molecule has 0 saturated heterocycles. The third-order valence-electron chi connectivity index (χ3n) is 2.55. The first kappa shape index (κ1) is 10.8. The summed E-state index contributed by atoms with van der Waals surface area (Å²) in [4.78, 5) is 0. The predicted molar refractivity (Wildman–Crippen MR) is 49.7 cm³/mol. The predicted octanol–water partition coefficient (Wildman–Crippen LogP) is 2.06. The summed E-state index contributed by atoms with van der Waals surface area (Å²) >= 11 is 0. The number of hydrogen-bond donors (Lipinski definition) is 1. The number of nitrogens with zero attached hydrogens (tertiary/aromatic N) is 3. The Hall–Kier alpha value is -1.71. The number of hydrogen-bond acceptors (Lipinski definition) is 3. The number of rotatable bonds is 0. The van der Waals surface area contributed by atoms with Crippen molar-refractivity contribution in [2.75, 3.05) is 5.32 Å². The lowest BCUT2D eigenvalue weighted by atomic mass is 10.1. The van der Waals surface area contributed by atoms with E-state index in [1.165, 1.54) is 0 Å². The smallest absolute Gasteiger partial charge is 0.367 e. The van der Waals surface area contributed by atoms with Gasteiger partial charge in [0.25, 0.3) is 0 Å². The van der Waals surface area contributed by atoms with Crippen molar-refractivity contribution in [1.82, 2.24) is 9.78 Å². The Morgan fingerprint density at radius 2 is 2.31 bits per heavy atom. The Balaban J connectivity index is 2.48. The van der Waals surface area contributed by atoms with Crippen LogP contribution in [0.2, 0.25) is 0 Å². The number of aromatic nitrogens is 2. The van der Waals surface area contributed by atoms with Gasteiger partial charge in [0.05, 0.1) is 6.20 Å². The van der Waals surface area contributed by atoms with Crippen LogP contribution in [-0.4, -0.2) is 22.0 Å². The minimum absolute atomic E-state index is 0.0803. The van der Waals surface area contributed by atoms with Crippen molar-refractivity contribution in [3.8, 4) is 6.07 Å². The maximum absolute atomic E-state index is 12.7. The van der Waals surface area contributed by atoms with Crippen LogP contribution in [0.25, 0.3) is 0 Å². The first-order valence-electron chi connectivity index (χ1n) is 4.74. The fourth-order valence-corrected chi connectivity index (χ4v) is 1.82. The van der Waals surface area contributed by atoms with Gasteiger partial charge in [-0.3, -0.25) is 0 Å². The fourth-order valence-electron chi connectivity index (χ4n) is 1.82. The molecule has 0 bridgehead atoms. The standard InChI is InChI=1S/C9H9F3N4/c1-5-2-7(9(10,11)12)16-8(15-5)6(3-13)4-14-16/h4-5,7,15H,2H2,1H3/t5-,7-/m0/s1. The lowest BCUT2D eigenvalue weighted by Crippen LogP contribution is -2.38. The summed E-state index contributed by atoms with van der Waals surface area (Å²) in [5.41, 5.74) is 0.140. The Morgan fingerprint density at radius 1 is 1.62 bits per heavy atom. The highest BCUT2D eigenvalue weighted by Gasteiger charge is 2.45. The maximum atomic E-state index is 12.7. The second kappa shape index (κ2) is 3.40. The minimum Gasteiger partial charge on any atom is -0.367 e. The Kier molecular flexibility index (Phi) is 2.30. The highest BCUT2D eigenvalue weighted by Crippen LogP contribution is 2.39. The molecule has 2 atom stereocenters. The van der Waals surface area contributed by atoms with Crippen LogP contribution >= 0.6 is 0 Å². The van der Waals surface area contributed by atoms with Crippen molar-refractivity contribution in [2.45, 2.75) is 31.6 Å². The van der Waals surface area contributed by atoms with E-state index in [-0.39, 0.29) is 23.8 Å². The SMILES string of the molecule is C[C@H]1C[C@@H](C(F)(F)F)n2ncc(C#N)c2N1. The number of nitrogens with one attached hydrogen (secondary N) is 1. The summed E-state index contributed by atoms with van der Waals surface area (Å²) in [6.07, 6.45) is -3.27. The van der Waals surface area contributed by atoms with E-state index in [9.17, 15) is 13.2 Å². The molecule has 1 aliphatic heterocycles. The van der Waals surface area contributed by atoms with Gasteiger partial charge in [-0.05, 0) is 13.3 Å². The fraction of sp³-hybridized carbons (Fsp3) is 0.556. The molecule has 0 radical (unpaired) electrons. The van der Waals surface area contributed by atoms with Gasteiger partial charge in [-0.1, -0.05) is 0 Å². The van der Waals surface area contributed by atoms with Gasteiger partial charge in [0, 0.05) is 6.04 Å². The summed E-state index contributed by atoms with van der Waals surface area (Å²) in [7, 11) is 0. The largest absolute Gasteiger partial charge is 0.410 e. The van der Waals surface area contributed by atoms with Crippen molar-refractivity contribution in [3.63, 3.8) is 0 Å². The van der Waals surface area contributed by atoms with Crippen molar-refractivity contribution in [3.05, 3.63) is 11.8 Å². The summed E-state index contributed by atoms with van der Waals surface area (Å²) in [5, 5.41) is 15.2. The molecule has 2 heterocycles. The van der Waals surface area contributed by atoms with Crippen molar-refractivity contribution >= 4 is 5.82 Å². The van der Waals surface area contributed by atoms with Gasteiger partial charge in [-0.25, -0.2) is 4.68 Å². The van der Waals surface area contributed by atoms with E-state index in [0.717, 1.165) is 10.9 Å². The molecular formula is C9H9F3N4. The molecule has 4 nitrogen and oxygen atoms in total. The quantitative estimate of drug-likeness (QED) is 0.742. The average Bonchev–Trinajstić information content (AvgIpc) is 2.57. The van der Waals surface area contributed by atoms with Gasteiger partial charge in [-0.2, -0.15) is 23.5 Å². The van der Waals surface area contributed by atoms with E-state index < -0.39 is 12.2 Å². The van der Waals surface area contributed by atoms with Crippen LogP contribution in [0, 0.1) is 11.3 Å². The number of nitriles is 1. The van der Waals surface area contributed by atoms with Crippen molar-refractivity contribution in [2.24, 2.45) is 0 Å². The zero-order chi connectivity index (χ0) is 11.9. The van der Waals surface area contributed by atoms with Crippen LogP contribution in [0.15, 0.2) is 6.20 Å². The van der Waals surface area contributed by atoms with Crippen molar-refractivity contribution < 1.29 is 13.2 Å². The van der Waals surface area contributed by atoms with E-state index in [2.05, 4.69) is 10.4 Å². The number of anilines is 1. The van der Waals surface area contributed by atoms with Gasteiger partial charge in [0.15, 0.2) is 6.04 Å². The highest BCUT2D eigenvalue weighted by molar-refractivity contribution is 5.53. The second-order valence-electron chi connectivity index (χ2n) is 3.80. The zero-order valence-corrected chi connectivity index (χ0v) is 8.41. The molecule has 0 aliphatic carbocycles. The summed E-state index contributed by atoms with van der Waals surface area (Å²) in [6, 6.07) is -0.168. The van der Waals surface area contributed by atoms with Gasteiger partial charge in [-0.15, -0.1) is 0 Å². The molecule has 0 unspecified atom stereocenters. The molecule has 0 aromatic carbocycles. The van der Waals surface area contributed by atoms with Crippen LogP contribution in [0.1, 0.15) is 24.9 Å². The van der Waals surface area contributed by atoms with Crippen LogP contribution in [0.5, 0.6) is 0 Å². The maximum Gasteiger partial charge on any atom is 0.410 e. The molecule has 1 aromatic rings. The monoisotopic (exact) mass is 230 g/mol. The molecule has 1 aliphatic rings.